The number of ether oxygens (including phenoxy) is 1. The molecule has 0 spiro atoms. The Labute approximate surface area is 165 Å². The summed E-state index contributed by atoms with van der Waals surface area (Å²) in [4.78, 5) is 16.6. The number of nitrogens with zero attached hydrogens (tertiary/aromatic N) is 2. The van der Waals surface area contributed by atoms with E-state index < -0.39 is 0 Å². The lowest BCUT2D eigenvalue weighted by molar-refractivity contribution is -0.118. The van der Waals surface area contributed by atoms with Gasteiger partial charge in [0, 0.05) is 5.56 Å². The number of phenolic OH excluding ortho intramolecular Hbond substituents is 1. The second-order valence-electron chi connectivity index (χ2n) is 5.58. The van der Waals surface area contributed by atoms with Crippen LogP contribution in [-0.4, -0.2) is 34.1 Å². The van der Waals surface area contributed by atoms with E-state index in [1.165, 1.54) is 23.1 Å². The van der Waals surface area contributed by atoms with Crippen molar-refractivity contribution in [3.05, 3.63) is 48.0 Å². The first-order chi connectivity index (χ1) is 13.1. The number of thioether (sulfide) groups is 1. The van der Waals surface area contributed by atoms with Crippen molar-refractivity contribution in [3.8, 4) is 11.5 Å². The third-order valence-corrected chi connectivity index (χ3v) is 5.78. The molecule has 3 rings (SSSR count). The molecule has 0 fully saturated rings. The molecule has 0 aliphatic heterocycles. The highest BCUT2D eigenvalue weighted by atomic mass is 32.2. The Morgan fingerprint density at radius 1 is 1.33 bits per heavy atom. The minimum atomic E-state index is -0.232. The molecule has 2 aromatic carbocycles. The zero-order valence-electron chi connectivity index (χ0n) is 14.9. The van der Waals surface area contributed by atoms with Gasteiger partial charge in [0.25, 0.3) is 5.91 Å². The molecule has 1 aromatic heterocycles. The molecule has 2 N–H and O–H groups in total. The number of thiazole rings is 1. The maximum atomic E-state index is 12.0. The van der Waals surface area contributed by atoms with Crippen molar-refractivity contribution in [1.29, 1.82) is 0 Å². The van der Waals surface area contributed by atoms with Gasteiger partial charge >= 0.3 is 0 Å². The van der Waals surface area contributed by atoms with Gasteiger partial charge in [0.15, 0.2) is 4.34 Å². The molecule has 8 heteroatoms. The van der Waals surface area contributed by atoms with Crippen LogP contribution in [0.2, 0.25) is 0 Å². The summed E-state index contributed by atoms with van der Waals surface area (Å²) in [6.45, 7) is 4.29. The monoisotopic (exact) mass is 401 g/mol. The van der Waals surface area contributed by atoms with Gasteiger partial charge in [-0.05, 0) is 44.2 Å². The molecule has 0 saturated heterocycles. The fourth-order valence-electron chi connectivity index (χ4n) is 2.35. The van der Waals surface area contributed by atoms with Crippen molar-refractivity contribution in [2.75, 3.05) is 12.4 Å². The summed E-state index contributed by atoms with van der Waals surface area (Å²) in [6, 6.07) is 12.6. The summed E-state index contributed by atoms with van der Waals surface area (Å²) in [5.41, 5.74) is 4.52. The number of hydrogen-bond donors (Lipinski definition) is 2. The molecule has 1 heterocycles. The number of aromatic nitrogens is 1. The van der Waals surface area contributed by atoms with E-state index in [9.17, 15) is 9.90 Å². The number of carbonyl (C=O) groups excluding carboxylic acids is 1. The van der Waals surface area contributed by atoms with Crippen molar-refractivity contribution in [2.45, 2.75) is 18.2 Å². The lowest BCUT2D eigenvalue weighted by Gasteiger charge is -2.04. The van der Waals surface area contributed by atoms with Crippen LogP contribution in [0.3, 0.4) is 0 Å². The quantitative estimate of drug-likeness (QED) is 0.355. The third kappa shape index (κ3) is 4.99. The Morgan fingerprint density at radius 2 is 2.15 bits per heavy atom. The van der Waals surface area contributed by atoms with Crippen molar-refractivity contribution in [2.24, 2.45) is 5.10 Å². The van der Waals surface area contributed by atoms with Crippen LogP contribution in [0.15, 0.2) is 51.9 Å². The van der Waals surface area contributed by atoms with Crippen LogP contribution in [0, 0.1) is 0 Å². The molecule has 140 valence electrons. The van der Waals surface area contributed by atoms with Gasteiger partial charge in [-0.1, -0.05) is 23.9 Å². The van der Waals surface area contributed by atoms with Gasteiger partial charge in [-0.2, -0.15) is 5.10 Å². The molecule has 0 atom stereocenters. The highest BCUT2D eigenvalue weighted by molar-refractivity contribution is 8.01. The lowest BCUT2D eigenvalue weighted by atomic mass is 10.1. The summed E-state index contributed by atoms with van der Waals surface area (Å²) < 4.78 is 7.34. The highest BCUT2D eigenvalue weighted by Gasteiger charge is 2.09. The van der Waals surface area contributed by atoms with E-state index >= 15 is 0 Å². The van der Waals surface area contributed by atoms with E-state index in [0.717, 1.165) is 20.3 Å². The first kappa shape index (κ1) is 19.2. The second-order valence-corrected chi connectivity index (χ2v) is 7.83. The number of hydrogen-bond acceptors (Lipinski definition) is 7. The van der Waals surface area contributed by atoms with Crippen LogP contribution in [0.4, 0.5) is 0 Å². The molecule has 0 aliphatic carbocycles. The molecule has 0 bridgehead atoms. The number of nitrogens with one attached hydrogen (secondary N) is 1. The van der Waals surface area contributed by atoms with E-state index in [2.05, 4.69) is 15.5 Å². The van der Waals surface area contributed by atoms with Crippen LogP contribution < -0.4 is 10.2 Å². The molecule has 0 aliphatic rings. The zero-order chi connectivity index (χ0) is 19.2. The maximum Gasteiger partial charge on any atom is 0.250 e. The van der Waals surface area contributed by atoms with Crippen LogP contribution in [0.5, 0.6) is 11.5 Å². The predicted octanol–water partition coefficient (Wildman–Crippen LogP) is 4.03. The number of hydrazone groups is 1. The molecular formula is C19H19N3O3S2. The normalized spacial score (nSPS) is 11.6. The summed E-state index contributed by atoms with van der Waals surface area (Å²) in [5, 5.41) is 13.9. The van der Waals surface area contributed by atoms with Gasteiger partial charge in [-0.3, -0.25) is 4.79 Å². The minimum absolute atomic E-state index is 0.128. The number of carbonyl (C=O) groups is 1. The number of rotatable bonds is 7. The standard InChI is InChI=1S/C19H19N3O3S2/c1-3-25-13-8-9-15-17(10-13)27-19(20-15)26-11-18(24)22-21-12(2)14-6-4-5-7-16(14)23/h4-10,23H,3,11H2,1-2H3,(H,22,24). The molecule has 1 amide bonds. The van der Waals surface area contributed by atoms with E-state index in [1.54, 1.807) is 31.2 Å². The van der Waals surface area contributed by atoms with Crippen molar-refractivity contribution < 1.29 is 14.6 Å². The molecule has 3 aromatic rings. The fourth-order valence-corrected chi connectivity index (χ4v) is 4.24. The zero-order valence-corrected chi connectivity index (χ0v) is 16.6. The lowest BCUT2D eigenvalue weighted by Crippen LogP contribution is -2.21. The average Bonchev–Trinajstić information content (AvgIpc) is 3.07. The SMILES string of the molecule is CCOc1ccc2nc(SCC(=O)NN=C(C)c3ccccc3O)sc2c1. The molecule has 0 radical (unpaired) electrons. The van der Waals surface area contributed by atoms with Crippen molar-refractivity contribution >= 4 is 44.9 Å². The van der Waals surface area contributed by atoms with E-state index in [1.807, 2.05) is 25.1 Å². The van der Waals surface area contributed by atoms with Gasteiger partial charge in [0.05, 0.1) is 28.3 Å². The van der Waals surface area contributed by atoms with Gasteiger partial charge in [-0.15, -0.1) is 11.3 Å². The Kier molecular flexibility index (Phi) is 6.31. The van der Waals surface area contributed by atoms with Gasteiger partial charge in [0.1, 0.15) is 11.5 Å². The third-order valence-electron chi connectivity index (χ3n) is 3.62. The van der Waals surface area contributed by atoms with Crippen LogP contribution in [-0.2, 0) is 4.79 Å². The minimum Gasteiger partial charge on any atom is -0.507 e. The largest absolute Gasteiger partial charge is 0.507 e. The molecular weight excluding hydrogens is 382 g/mol. The maximum absolute atomic E-state index is 12.0. The topological polar surface area (TPSA) is 83.8 Å². The Balaban J connectivity index is 1.58. The van der Waals surface area contributed by atoms with E-state index in [4.69, 9.17) is 4.74 Å². The average molecular weight is 402 g/mol. The molecule has 0 unspecified atom stereocenters. The van der Waals surface area contributed by atoms with Crippen LogP contribution >= 0.6 is 23.1 Å². The number of benzene rings is 2. The molecule has 27 heavy (non-hydrogen) atoms. The number of phenols is 1. The number of amides is 1. The molecule has 0 saturated carbocycles. The summed E-state index contributed by atoms with van der Waals surface area (Å²) in [7, 11) is 0. The summed E-state index contributed by atoms with van der Waals surface area (Å²) in [6.07, 6.45) is 0. The van der Waals surface area contributed by atoms with Gasteiger partial charge < -0.3 is 9.84 Å². The van der Waals surface area contributed by atoms with Gasteiger partial charge in [0.2, 0.25) is 0 Å². The van der Waals surface area contributed by atoms with Crippen LogP contribution in [0.1, 0.15) is 19.4 Å². The Bertz CT molecular complexity index is 985. The van der Waals surface area contributed by atoms with E-state index in [0.29, 0.717) is 17.9 Å². The predicted molar refractivity (Wildman–Crippen MR) is 110 cm³/mol. The first-order valence-electron chi connectivity index (χ1n) is 8.34. The fraction of sp³-hybridized carbons (Fsp3) is 0.211. The van der Waals surface area contributed by atoms with E-state index in [-0.39, 0.29) is 17.4 Å². The highest BCUT2D eigenvalue weighted by Crippen LogP contribution is 2.31. The first-order valence-corrected chi connectivity index (χ1v) is 10.1. The second kappa shape index (κ2) is 8.88. The Hall–Kier alpha value is -2.58. The smallest absolute Gasteiger partial charge is 0.250 e. The molecule has 6 nitrogen and oxygen atoms in total. The summed E-state index contributed by atoms with van der Waals surface area (Å²) >= 11 is 2.89. The number of fused-ring (bicyclic) bond motifs is 1. The number of aromatic hydroxyl groups is 1. The summed E-state index contributed by atoms with van der Waals surface area (Å²) in [5.74, 6) is 0.916. The van der Waals surface area contributed by atoms with Crippen LogP contribution in [0.25, 0.3) is 10.2 Å². The number of para-hydroxylation sites is 1. The van der Waals surface area contributed by atoms with Crippen molar-refractivity contribution in [1.82, 2.24) is 10.4 Å². The Morgan fingerprint density at radius 3 is 2.93 bits per heavy atom. The van der Waals surface area contributed by atoms with Gasteiger partial charge in [-0.25, -0.2) is 10.4 Å². The van der Waals surface area contributed by atoms with Crippen molar-refractivity contribution in [3.63, 3.8) is 0 Å².